The Morgan fingerprint density at radius 2 is 2.00 bits per heavy atom. The summed E-state index contributed by atoms with van der Waals surface area (Å²) in [6.45, 7) is 6.40. The second-order valence-electron chi connectivity index (χ2n) is 7.54. The molecule has 0 aliphatic heterocycles. The number of rotatable bonds is 8. The summed E-state index contributed by atoms with van der Waals surface area (Å²) in [7, 11) is 1.48. The number of nitrogens with zero attached hydrogens (tertiary/aromatic N) is 1. The number of benzene rings is 1. The predicted octanol–water partition coefficient (Wildman–Crippen LogP) is 3.10. The van der Waals surface area contributed by atoms with Crippen LogP contribution in [0.15, 0.2) is 36.5 Å². The lowest BCUT2D eigenvalue weighted by Crippen LogP contribution is -2.43. The Morgan fingerprint density at radius 3 is 2.64 bits per heavy atom. The molecule has 2 rings (SSSR count). The second kappa shape index (κ2) is 9.52. The van der Waals surface area contributed by atoms with Crippen LogP contribution in [0.4, 0.5) is 4.79 Å². The van der Waals surface area contributed by atoms with Crippen molar-refractivity contribution in [1.29, 1.82) is 0 Å². The summed E-state index contributed by atoms with van der Waals surface area (Å²) in [5, 5.41) is 12.1. The van der Waals surface area contributed by atoms with Crippen LogP contribution in [0.2, 0.25) is 0 Å². The fourth-order valence-corrected chi connectivity index (χ4v) is 3.05. The number of amides is 1. The third kappa shape index (κ3) is 6.21. The van der Waals surface area contributed by atoms with Gasteiger partial charge in [0.25, 0.3) is 0 Å². The number of aromatic nitrogens is 1. The Kier molecular flexibility index (Phi) is 7.37. The summed E-state index contributed by atoms with van der Waals surface area (Å²) in [5.41, 5.74) is 8.16. The number of carbonyl (C=O) groups excluding carboxylic acids is 1. The average Bonchev–Trinajstić information content (AvgIpc) is 2.65. The van der Waals surface area contributed by atoms with Crippen LogP contribution in [0.1, 0.15) is 32.8 Å². The van der Waals surface area contributed by atoms with Gasteiger partial charge in [-0.05, 0) is 48.6 Å². The van der Waals surface area contributed by atoms with Crippen molar-refractivity contribution >= 4 is 6.09 Å². The van der Waals surface area contributed by atoms with Gasteiger partial charge in [-0.2, -0.15) is 0 Å². The number of carbonyl (C=O) groups is 1. The molecule has 1 heterocycles. The van der Waals surface area contributed by atoms with Gasteiger partial charge < -0.3 is 25.6 Å². The van der Waals surface area contributed by atoms with E-state index >= 15 is 0 Å². The van der Waals surface area contributed by atoms with Crippen LogP contribution in [-0.4, -0.2) is 35.4 Å². The zero-order valence-corrected chi connectivity index (χ0v) is 16.9. The lowest BCUT2D eigenvalue weighted by atomic mass is 9.93. The maximum Gasteiger partial charge on any atom is 0.413 e. The molecule has 4 N–H and O–H groups in total. The van der Waals surface area contributed by atoms with Crippen molar-refractivity contribution in [3.05, 3.63) is 42.1 Å². The molecular weight excluding hydrogens is 358 g/mol. The maximum atomic E-state index is 11.4. The van der Waals surface area contributed by atoms with E-state index in [-0.39, 0.29) is 12.5 Å². The molecule has 0 spiro atoms. The smallest absolute Gasteiger partial charge is 0.413 e. The molecular formula is C21H29N3O4. The summed E-state index contributed by atoms with van der Waals surface area (Å²) >= 11 is 0. The number of nitrogens with one attached hydrogen (secondary N) is 1. The van der Waals surface area contributed by atoms with E-state index in [1.807, 2.05) is 25.1 Å². The molecule has 1 atom stereocenters. The van der Waals surface area contributed by atoms with E-state index in [0.717, 1.165) is 17.5 Å². The number of hydrogen-bond acceptors (Lipinski definition) is 6. The monoisotopic (exact) mass is 387 g/mol. The molecule has 7 heteroatoms. The van der Waals surface area contributed by atoms with E-state index in [1.54, 1.807) is 18.3 Å². The van der Waals surface area contributed by atoms with Crippen LogP contribution in [-0.2, 0) is 6.61 Å². The number of aliphatic hydroxyl groups is 1. The van der Waals surface area contributed by atoms with Crippen molar-refractivity contribution < 1.29 is 19.4 Å². The van der Waals surface area contributed by atoms with Gasteiger partial charge in [-0.15, -0.1) is 0 Å². The Labute approximate surface area is 165 Å². The minimum absolute atomic E-state index is 0.165. The van der Waals surface area contributed by atoms with E-state index in [4.69, 9.17) is 15.2 Å². The van der Waals surface area contributed by atoms with E-state index in [0.29, 0.717) is 23.8 Å². The van der Waals surface area contributed by atoms with Gasteiger partial charge in [-0.1, -0.05) is 19.9 Å². The van der Waals surface area contributed by atoms with Gasteiger partial charge >= 0.3 is 6.09 Å². The summed E-state index contributed by atoms with van der Waals surface area (Å²) in [6, 6.07) is 8.99. The molecule has 1 aromatic heterocycles. The largest absolute Gasteiger partial charge is 0.491 e. The standard InChI is InChI=1S/C21H29N3O4/c1-14(2)11-21(3,22)13-27-18-6-5-15(9-17(18)12-25)16-7-8-24-19(10-16)28-20(26)23-4/h5-10,14,25H,11-13,22H2,1-4H3,(H,23,26)/t21-/m0/s1. The first-order valence-corrected chi connectivity index (χ1v) is 9.25. The molecule has 28 heavy (non-hydrogen) atoms. The van der Waals surface area contributed by atoms with Gasteiger partial charge in [0.1, 0.15) is 12.4 Å². The van der Waals surface area contributed by atoms with Gasteiger partial charge in [0.2, 0.25) is 5.88 Å². The molecule has 0 saturated heterocycles. The summed E-state index contributed by atoms with van der Waals surface area (Å²) in [6.07, 6.45) is 1.81. The fourth-order valence-electron chi connectivity index (χ4n) is 3.05. The molecule has 7 nitrogen and oxygen atoms in total. The summed E-state index contributed by atoms with van der Waals surface area (Å²) in [5.74, 6) is 1.26. The number of nitrogens with two attached hydrogens (primary N) is 1. The highest BCUT2D eigenvalue weighted by Gasteiger charge is 2.21. The van der Waals surface area contributed by atoms with Crippen LogP contribution in [0, 0.1) is 5.92 Å². The Balaban J connectivity index is 2.19. The highest BCUT2D eigenvalue weighted by molar-refractivity contribution is 5.71. The predicted molar refractivity (Wildman–Crippen MR) is 108 cm³/mol. The van der Waals surface area contributed by atoms with E-state index in [2.05, 4.69) is 24.1 Å². The number of aliphatic hydroxyl groups excluding tert-OH is 1. The molecule has 0 saturated carbocycles. The SMILES string of the molecule is CNC(=O)Oc1cc(-c2ccc(OC[C@@](C)(N)CC(C)C)c(CO)c2)ccn1. The van der Waals surface area contributed by atoms with Gasteiger partial charge in [0, 0.05) is 30.4 Å². The summed E-state index contributed by atoms with van der Waals surface area (Å²) in [4.78, 5) is 15.4. The molecule has 1 amide bonds. The lowest BCUT2D eigenvalue weighted by Gasteiger charge is -2.27. The third-order valence-electron chi connectivity index (χ3n) is 4.13. The molecule has 0 fully saturated rings. The highest BCUT2D eigenvalue weighted by atomic mass is 16.6. The van der Waals surface area contributed by atoms with Crippen LogP contribution in [0.25, 0.3) is 11.1 Å². The van der Waals surface area contributed by atoms with Crippen LogP contribution >= 0.6 is 0 Å². The molecule has 152 valence electrons. The first-order chi connectivity index (χ1) is 13.2. The minimum Gasteiger partial charge on any atom is -0.491 e. The van der Waals surface area contributed by atoms with Crippen molar-refractivity contribution in [3.63, 3.8) is 0 Å². The zero-order chi connectivity index (χ0) is 20.7. The van der Waals surface area contributed by atoms with Crippen molar-refractivity contribution in [2.75, 3.05) is 13.7 Å². The van der Waals surface area contributed by atoms with Crippen molar-refractivity contribution in [1.82, 2.24) is 10.3 Å². The average molecular weight is 387 g/mol. The molecule has 0 aliphatic carbocycles. The van der Waals surface area contributed by atoms with E-state index < -0.39 is 11.6 Å². The first kappa shape index (κ1) is 21.7. The number of ether oxygens (including phenoxy) is 2. The third-order valence-corrected chi connectivity index (χ3v) is 4.13. The number of hydrogen-bond donors (Lipinski definition) is 3. The Morgan fingerprint density at radius 1 is 1.29 bits per heavy atom. The topological polar surface area (TPSA) is 107 Å². The fraction of sp³-hybridized carbons (Fsp3) is 0.429. The van der Waals surface area contributed by atoms with E-state index in [9.17, 15) is 9.90 Å². The van der Waals surface area contributed by atoms with Gasteiger partial charge in [-0.3, -0.25) is 0 Å². The van der Waals surface area contributed by atoms with Crippen LogP contribution in [0.3, 0.4) is 0 Å². The highest BCUT2D eigenvalue weighted by Crippen LogP contribution is 2.29. The van der Waals surface area contributed by atoms with Crippen LogP contribution < -0.4 is 20.5 Å². The van der Waals surface area contributed by atoms with Crippen molar-refractivity contribution in [2.24, 2.45) is 11.7 Å². The van der Waals surface area contributed by atoms with Crippen molar-refractivity contribution in [2.45, 2.75) is 39.3 Å². The summed E-state index contributed by atoms with van der Waals surface area (Å²) < 4.78 is 11.0. The molecule has 0 bridgehead atoms. The van der Waals surface area contributed by atoms with Gasteiger partial charge in [0.15, 0.2) is 0 Å². The van der Waals surface area contributed by atoms with Crippen molar-refractivity contribution in [3.8, 4) is 22.8 Å². The van der Waals surface area contributed by atoms with E-state index in [1.165, 1.54) is 7.05 Å². The number of pyridine rings is 1. The minimum atomic E-state index is -0.587. The normalized spacial score (nSPS) is 13.1. The van der Waals surface area contributed by atoms with Gasteiger partial charge in [0.05, 0.1) is 6.61 Å². The Bertz CT molecular complexity index is 806. The van der Waals surface area contributed by atoms with Crippen LogP contribution in [0.5, 0.6) is 11.6 Å². The quantitative estimate of drug-likeness (QED) is 0.642. The van der Waals surface area contributed by atoms with Gasteiger partial charge in [-0.25, -0.2) is 9.78 Å². The Hall–Kier alpha value is -2.64. The zero-order valence-electron chi connectivity index (χ0n) is 16.9. The second-order valence-corrected chi connectivity index (χ2v) is 7.54. The molecule has 0 aliphatic rings. The molecule has 0 unspecified atom stereocenters. The molecule has 2 aromatic rings. The molecule has 1 aromatic carbocycles. The lowest BCUT2D eigenvalue weighted by molar-refractivity contribution is 0.199. The molecule has 0 radical (unpaired) electrons. The maximum absolute atomic E-state index is 11.4. The first-order valence-electron chi connectivity index (χ1n) is 9.25.